The van der Waals surface area contributed by atoms with E-state index in [0.717, 1.165) is 12.1 Å². The number of halogens is 3. The second-order valence-electron chi connectivity index (χ2n) is 9.02. The maximum Gasteiger partial charge on any atom is 0.416 e. The number of alkyl halides is 3. The molecule has 0 aliphatic heterocycles. The van der Waals surface area contributed by atoms with E-state index in [1.165, 1.54) is 26.0 Å². The van der Waals surface area contributed by atoms with Crippen molar-refractivity contribution in [1.29, 1.82) is 0 Å². The zero-order chi connectivity index (χ0) is 29.4. The summed E-state index contributed by atoms with van der Waals surface area (Å²) in [6.07, 6.45) is 1.77. The molecule has 3 N–H and O–H groups in total. The summed E-state index contributed by atoms with van der Waals surface area (Å²) in [6, 6.07) is 9.18. The molecule has 2 aromatic carbocycles. The Morgan fingerprint density at radius 1 is 1.10 bits per heavy atom. The Kier molecular flexibility index (Phi) is 10.3. The van der Waals surface area contributed by atoms with Crippen LogP contribution in [-0.2, 0) is 11.0 Å². The lowest BCUT2D eigenvalue weighted by Gasteiger charge is -2.23. The first-order valence-corrected chi connectivity index (χ1v) is 11.9. The molecule has 0 saturated carbocycles. The minimum Gasteiger partial charge on any atom is -0.483 e. The second-order valence-corrected chi connectivity index (χ2v) is 9.02. The molecule has 0 amide bonds. The number of benzene rings is 2. The van der Waals surface area contributed by atoms with Crippen LogP contribution in [0.1, 0.15) is 44.4 Å². The predicted octanol–water partition coefficient (Wildman–Crippen LogP) is 6.47. The lowest BCUT2D eigenvalue weighted by molar-refractivity contribution is -0.152. The summed E-state index contributed by atoms with van der Waals surface area (Å²) < 4.78 is 50.4. The fourth-order valence-corrected chi connectivity index (χ4v) is 3.07. The summed E-state index contributed by atoms with van der Waals surface area (Å²) in [5.41, 5.74) is 5.15. The molecule has 39 heavy (non-hydrogen) atoms. The Balaban J connectivity index is 2.37. The first-order chi connectivity index (χ1) is 18.1. The minimum absolute atomic E-state index is 0.0565. The van der Waals surface area contributed by atoms with E-state index in [-0.39, 0.29) is 17.2 Å². The average molecular weight is 544 g/mol. The number of hydrogen-bond acceptors (Lipinski definition) is 4. The lowest BCUT2D eigenvalue weighted by Crippen LogP contribution is -2.38. The first kappa shape index (κ1) is 30.9. The van der Waals surface area contributed by atoms with Gasteiger partial charge in [-0.3, -0.25) is 0 Å². The summed E-state index contributed by atoms with van der Waals surface area (Å²) in [4.78, 5) is 20.2. The van der Waals surface area contributed by atoms with Crippen LogP contribution in [0.2, 0.25) is 0 Å². The topological polar surface area (TPSA) is 107 Å². The van der Waals surface area contributed by atoms with Gasteiger partial charge in [0.25, 0.3) is 0 Å². The van der Waals surface area contributed by atoms with E-state index in [1.807, 2.05) is 13.0 Å². The number of aliphatic carboxylic acids is 1. The predicted molar refractivity (Wildman–Crippen MR) is 146 cm³/mol. The largest absolute Gasteiger partial charge is 0.483 e. The summed E-state index contributed by atoms with van der Waals surface area (Å²) in [5, 5.41) is 9.32. The average Bonchev–Trinajstić information content (AvgIpc) is 2.84. The zero-order valence-electron chi connectivity index (χ0n) is 22.4. The van der Waals surface area contributed by atoms with Crippen molar-refractivity contribution in [2.24, 2.45) is 15.7 Å². The second kappa shape index (κ2) is 12.9. The number of ether oxygens (including phenoxy) is 2. The number of allylic oxidation sites excluding steroid dienone is 4. The Morgan fingerprint density at radius 2 is 1.74 bits per heavy atom. The van der Waals surface area contributed by atoms with Gasteiger partial charge in [0, 0.05) is 5.56 Å². The number of aryl methyl sites for hydroxylation is 1. The Bertz CT molecular complexity index is 1310. The summed E-state index contributed by atoms with van der Waals surface area (Å²) in [7, 11) is 0. The van der Waals surface area contributed by atoms with Crippen molar-refractivity contribution in [2.75, 3.05) is 0 Å². The quantitative estimate of drug-likeness (QED) is 0.203. The van der Waals surface area contributed by atoms with Crippen LogP contribution in [0.15, 0.2) is 89.0 Å². The molecule has 0 radical (unpaired) electrons. The van der Waals surface area contributed by atoms with Crippen molar-refractivity contribution in [3.8, 4) is 11.5 Å². The van der Waals surface area contributed by atoms with Crippen molar-refractivity contribution in [3.63, 3.8) is 0 Å². The molecule has 1 atom stereocenters. The Labute approximate surface area is 225 Å². The molecule has 0 spiro atoms. The van der Waals surface area contributed by atoms with E-state index in [2.05, 4.69) is 16.6 Å². The molecule has 208 valence electrons. The van der Waals surface area contributed by atoms with Crippen molar-refractivity contribution in [1.82, 2.24) is 0 Å². The number of nitrogens with two attached hydrogens (primary N) is 1. The van der Waals surface area contributed by atoms with Gasteiger partial charge in [-0.25, -0.2) is 14.8 Å². The highest BCUT2D eigenvalue weighted by Gasteiger charge is 2.31. The lowest BCUT2D eigenvalue weighted by atomic mass is 10.1. The van der Waals surface area contributed by atoms with Crippen LogP contribution in [0.4, 0.5) is 13.2 Å². The molecule has 0 fully saturated rings. The van der Waals surface area contributed by atoms with Crippen LogP contribution in [0.25, 0.3) is 0 Å². The van der Waals surface area contributed by atoms with Crippen LogP contribution in [-0.4, -0.2) is 34.5 Å². The van der Waals surface area contributed by atoms with Gasteiger partial charge < -0.3 is 20.3 Å². The molecule has 2 aromatic rings. The highest BCUT2D eigenvalue weighted by atomic mass is 19.4. The van der Waals surface area contributed by atoms with E-state index in [9.17, 15) is 23.1 Å². The van der Waals surface area contributed by atoms with Gasteiger partial charge in [0.2, 0.25) is 0 Å². The van der Waals surface area contributed by atoms with E-state index in [1.54, 1.807) is 50.3 Å². The van der Waals surface area contributed by atoms with E-state index >= 15 is 0 Å². The van der Waals surface area contributed by atoms with Gasteiger partial charge in [-0.15, -0.1) is 0 Å². The maximum atomic E-state index is 12.9. The smallest absolute Gasteiger partial charge is 0.416 e. The maximum absolute atomic E-state index is 12.9. The van der Waals surface area contributed by atoms with E-state index in [0.29, 0.717) is 22.8 Å². The molecular formula is C29H32F3N3O4. The standard InChI is InChI=1S/C29H32F3N3O4/c1-7-8-9-10-19(3)34-26(35-25(33)21-11-13-22(14-12-21)29(30,31)32)20(4)38-23-15-16-24(18(2)17-23)39-28(5,6)27(36)37/h7-17,20H,3H2,1-2,4-6H3,(H,36,37)(H2,33,34,35)/b8-7-,10-9-. The zero-order valence-corrected chi connectivity index (χ0v) is 22.4. The number of carboxylic acids is 1. The third kappa shape index (κ3) is 9.17. The molecule has 0 heterocycles. The van der Waals surface area contributed by atoms with Crippen molar-refractivity contribution >= 4 is 17.6 Å². The Morgan fingerprint density at radius 3 is 2.28 bits per heavy atom. The van der Waals surface area contributed by atoms with Gasteiger partial charge in [0.05, 0.1) is 11.3 Å². The number of rotatable bonds is 10. The van der Waals surface area contributed by atoms with Crippen LogP contribution >= 0.6 is 0 Å². The van der Waals surface area contributed by atoms with Gasteiger partial charge >= 0.3 is 12.1 Å². The van der Waals surface area contributed by atoms with E-state index in [4.69, 9.17) is 15.2 Å². The first-order valence-electron chi connectivity index (χ1n) is 11.9. The minimum atomic E-state index is -4.47. The van der Waals surface area contributed by atoms with E-state index < -0.39 is 29.4 Å². The number of carboxylic acid groups (broad SMARTS) is 1. The molecular weight excluding hydrogens is 511 g/mol. The van der Waals surface area contributed by atoms with Crippen LogP contribution in [0.5, 0.6) is 11.5 Å². The molecule has 0 aliphatic carbocycles. The van der Waals surface area contributed by atoms with Gasteiger partial charge in [-0.1, -0.05) is 36.9 Å². The highest BCUT2D eigenvalue weighted by Crippen LogP contribution is 2.29. The summed E-state index contributed by atoms with van der Waals surface area (Å²) >= 11 is 0. The number of nitrogens with zero attached hydrogens (tertiary/aromatic N) is 2. The highest BCUT2D eigenvalue weighted by molar-refractivity contribution is 6.06. The molecule has 0 aliphatic rings. The fraction of sp³-hybridized carbons (Fsp3) is 0.276. The fourth-order valence-electron chi connectivity index (χ4n) is 3.07. The number of amidine groups is 2. The van der Waals surface area contributed by atoms with Crippen molar-refractivity contribution < 1.29 is 32.5 Å². The molecule has 0 aromatic heterocycles. The van der Waals surface area contributed by atoms with Gasteiger partial charge in [-0.2, -0.15) is 13.2 Å². The van der Waals surface area contributed by atoms with Crippen LogP contribution in [0.3, 0.4) is 0 Å². The normalized spacial score (nSPS) is 14.1. The number of hydrogen-bond donors (Lipinski definition) is 2. The molecule has 0 bridgehead atoms. The summed E-state index contributed by atoms with van der Waals surface area (Å²) in [6.45, 7) is 12.1. The van der Waals surface area contributed by atoms with Crippen LogP contribution < -0.4 is 15.2 Å². The Hall–Kier alpha value is -4.34. The number of aliphatic imine (C=N–C) groups is 2. The monoisotopic (exact) mass is 543 g/mol. The SMILES string of the molecule is C=C(/C=C\C=C/C)N=C(N=C(N)c1ccc(C(F)(F)F)cc1)C(C)Oc1ccc(OC(C)(C)C(=O)O)c(C)c1. The van der Waals surface area contributed by atoms with Crippen LogP contribution in [0, 0.1) is 6.92 Å². The molecule has 1 unspecified atom stereocenters. The van der Waals surface area contributed by atoms with Crippen molar-refractivity contribution in [2.45, 2.75) is 52.5 Å². The molecule has 7 nitrogen and oxygen atoms in total. The molecule has 2 rings (SSSR count). The number of carbonyl (C=O) groups is 1. The third-order valence-electron chi connectivity index (χ3n) is 5.30. The molecule has 0 saturated heterocycles. The van der Waals surface area contributed by atoms with Gasteiger partial charge in [0.15, 0.2) is 17.5 Å². The molecule has 10 heteroatoms. The van der Waals surface area contributed by atoms with Crippen molar-refractivity contribution in [3.05, 3.63) is 95.7 Å². The summed E-state index contributed by atoms with van der Waals surface area (Å²) in [5.74, 6) is -0.231. The third-order valence-corrected chi connectivity index (χ3v) is 5.30. The van der Waals surface area contributed by atoms with Gasteiger partial charge in [-0.05, 0) is 76.6 Å². The van der Waals surface area contributed by atoms with Gasteiger partial charge in [0.1, 0.15) is 17.3 Å².